The molecule has 10 rings (SSSR count). The van der Waals surface area contributed by atoms with Gasteiger partial charge in [-0.2, -0.15) is 0 Å². The van der Waals surface area contributed by atoms with Crippen molar-refractivity contribution >= 4 is 54.4 Å². The zero-order chi connectivity index (χ0) is 33.3. The van der Waals surface area contributed by atoms with Crippen molar-refractivity contribution < 1.29 is 0 Å². The van der Waals surface area contributed by atoms with Crippen LogP contribution in [0.15, 0.2) is 164 Å². The maximum absolute atomic E-state index is 4.73. The van der Waals surface area contributed by atoms with Crippen molar-refractivity contribution in [3.05, 3.63) is 175 Å². The molecule has 0 aliphatic carbocycles. The van der Waals surface area contributed by atoms with Gasteiger partial charge in [-0.05, 0) is 108 Å². The fourth-order valence-corrected chi connectivity index (χ4v) is 8.06. The predicted octanol–water partition coefficient (Wildman–Crippen LogP) is 12.4. The highest BCUT2D eigenvalue weighted by atomic mass is 15.0. The van der Waals surface area contributed by atoms with Crippen molar-refractivity contribution in [2.24, 2.45) is 0 Å². The number of nitrogens with zero attached hydrogens (tertiary/aromatic N) is 3. The molecule has 3 aromatic heterocycles. The quantitative estimate of drug-likeness (QED) is 0.188. The van der Waals surface area contributed by atoms with Gasteiger partial charge in [0.2, 0.25) is 0 Å². The Kier molecular flexibility index (Phi) is 6.31. The molecule has 3 heterocycles. The van der Waals surface area contributed by atoms with E-state index in [1.165, 1.54) is 71.6 Å². The molecule has 50 heavy (non-hydrogen) atoms. The fraction of sp³-hybridized carbons (Fsp3) is 0.0426. The van der Waals surface area contributed by atoms with Crippen molar-refractivity contribution in [1.29, 1.82) is 0 Å². The van der Waals surface area contributed by atoms with Crippen LogP contribution in [-0.2, 0) is 0 Å². The van der Waals surface area contributed by atoms with Crippen molar-refractivity contribution in [3.63, 3.8) is 0 Å². The minimum Gasteiger partial charge on any atom is -0.314 e. The van der Waals surface area contributed by atoms with Crippen molar-refractivity contribution in [3.8, 4) is 33.6 Å². The Hall–Kier alpha value is -6.45. The van der Waals surface area contributed by atoms with Gasteiger partial charge in [-0.25, -0.2) is 0 Å². The van der Waals surface area contributed by atoms with E-state index in [9.17, 15) is 0 Å². The monoisotopic (exact) mass is 639 g/mol. The number of rotatable bonds is 4. The second kappa shape index (κ2) is 11.0. The van der Waals surface area contributed by atoms with Crippen LogP contribution >= 0.6 is 0 Å². The summed E-state index contributed by atoms with van der Waals surface area (Å²) in [5.74, 6) is 0. The molecule has 7 aromatic carbocycles. The van der Waals surface area contributed by atoms with E-state index >= 15 is 0 Å². The van der Waals surface area contributed by atoms with Crippen LogP contribution in [0.5, 0.6) is 0 Å². The predicted molar refractivity (Wildman–Crippen MR) is 211 cm³/mol. The highest BCUT2D eigenvalue weighted by Gasteiger charge is 2.18. The van der Waals surface area contributed by atoms with Gasteiger partial charge in [0.1, 0.15) is 0 Å². The first-order valence-corrected chi connectivity index (χ1v) is 17.2. The van der Waals surface area contributed by atoms with Gasteiger partial charge >= 0.3 is 0 Å². The first-order chi connectivity index (χ1) is 24.6. The lowest BCUT2D eigenvalue weighted by molar-refractivity contribution is 1.04. The van der Waals surface area contributed by atoms with E-state index in [-0.39, 0.29) is 0 Å². The van der Waals surface area contributed by atoms with Gasteiger partial charge in [0.05, 0.1) is 22.1 Å². The molecule has 0 bridgehead atoms. The summed E-state index contributed by atoms with van der Waals surface area (Å²) in [4.78, 5) is 4.73. The molecule has 0 N–H and O–H groups in total. The molecule has 0 aliphatic heterocycles. The molecule has 236 valence electrons. The number of para-hydroxylation sites is 2. The minimum absolute atomic E-state index is 1.03. The number of aromatic nitrogens is 3. The Bertz CT molecular complexity index is 2940. The first kappa shape index (κ1) is 28.6. The smallest absolute Gasteiger partial charge is 0.0780 e. The van der Waals surface area contributed by atoms with E-state index in [4.69, 9.17) is 4.98 Å². The number of fused-ring (bicyclic) bond motifs is 7. The molecule has 0 aliphatic rings. The average Bonchev–Trinajstić information content (AvgIpc) is 3.65. The van der Waals surface area contributed by atoms with Crippen molar-refractivity contribution in [2.75, 3.05) is 0 Å². The number of hydrogen-bond acceptors (Lipinski definition) is 1. The standard InChI is InChI=1S/C47H33N3/c1-30-31(2)49(38-17-8-13-36(27-38)40-19-9-12-33-14-10-26-48-47(33)40)43-23-21-34(28-41(30)43)35-22-24-44-42(29-35)46-39-18-7-6-11-32(39)20-25-45(46)50(44)37-15-4-3-5-16-37/h3-29H,1-2H3. The fourth-order valence-electron chi connectivity index (χ4n) is 8.06. The van der Waals surface area contributed by atoms with Crippen LogP contribution in [0.25, 0.3) is 88.0 Å². The summed E-state index contributed by atoms with van der Waals surface area (Å²) in [5.41, 5.74) is 14.3. The summed E-state index contributed by atoms with van der Waals surface area (Å²) in [7, 11) is 0. The van der Waals surface area contributed by atoms with Crippen molar-refractivity contribution in [2.45, 2.75) is 13.8 Å². The van der Waals surface area contributed by atoms with Gasteiger partial charge in [-0.1, -0.05) is 97.1 Å². The molecule has 0 unspecified atom stereocenters. The third kappa shape index (κ3) is 4.27. The van der Waals surface area contributed by atoms with E-state index < -0.39 is 0 Å². The summed E-state index contributed by atoms with van der Waals surface area (Å²) in [5, 5.41) is 7.52. The lowest BCUT2D eigenvalue weighted by Crippen LogP contribution is -1.97. The van der Waals surface area contributed by atoms with Gasteiger partial charge < -0.3 is 9.13 Å². The van der Waals surface area contributed by atoms with Crippen LogP contribution in [-0.4, -0.2) is 14.1 Å². The molecule has 10 aromatic rings. The molecular weight excluding hydrogens is 607 g/mol. The largest absolute Gasteiger partial charge is 0.314 e. The zero-order valence-electron chi connectivity index (χ0n) is 27.9. The Morgan fingerprint density at radius 3 is 1.98 bits per heavy atom. The van der Waals surface area contributed by atoms with Crippen LogP contribution in [0.3, 0.4) is 0 Å². The number of aryl methyl sites for hydroxylation is 1. The Balaban J connectivity index is 1.13. The highest BCUT2D eigenvalue weighted by Crippen LogP contribution is 2.40. The summed E-state index contributed by atoms with van der Waals surface area (Å²) in [6.07, 6.45) is 1.88. The normalized spacial score (nSPS) is 11.8. The molecule has 0 saturated carbocycles. The maximum atomic E-state index is 4.73. The molecule has 0 radical (unpaired) electrons. The Morgan fingerprint density at radius 1 is 0.440 bits per heavy atom. The third-order valence-electron chi connectivity index (χ3n) is 10.6. The van der Waals surface area contributed by atoms with E-state index in [0.29, 0.717) is 0 Å². The van der Waals surface area contributed by atoms with Crippen LogP contribution in [0.4, 0.5) is 0 Å². The van der Waals surface area contributed by atoms with E-state index in [2.05, 4.69) is 175 Å². The van der Waals surface area contributed by atoms with Gasteiger partial charge in [-0.3, -0.25) is 4.98 Å². The first-order valence-electron chi connectivity index (χ1n) is 17.2. The molecule has 0 spiro atoms. The van der Waals surface area contributed by atoms with Crippen LogP contribution in [0.1, 0.15) is 11.3 Å². The summed E-state index contributed by atoms with van der Waals surface area (Å²) in [6, 6.07) is 57.3. The number of hydrogen-bond donors (Lipinski definition) is 0. The average molecular weight is 640 g/mol. The minimum atomic E-state index is 1.03. The van der Waals surface area contributed by atoms with Crippen molar-refractivity contribution in [1.82, 2.24) is 14.1 Å². The lowest BCUT2D eigenvalue weighted by atomic mass is 9.99. The third-order valence-corrected chi connectivity index (χ3v) is 10.6. The number of benzene rings is 7. The molecule has 0 saturated heterocycles. The Morgan fingerprint density at radius 2 is 1.12 bits per heavy atom. The van der Waals surface area contributed by atoms with Crippen LogP contribution in [0.2, 0.25) is 0 Å². The molecule has 3 heteroatoms. The SMILES string of the molecule is Cc1c(C)n(-c2cccc(-c3cccc4cccnc34)c2)c2ccc(-c3ccc4c(c3)c3c5ccccc5ccc3n4-c3ccccc3)cc12. The van der Waals surface area contributed by atoms with Gasteiger partial charge in [0.15, 0.2) is 0 Å². The van der Waals surface area contributed by atoms with Crippen LogP contribution in [0, 0.1) is 13.8 Å². The molecule has 3 nitrogen and oxygen atoms in total. The summed E-state index contributed by atoms with van der Waals surface area (Å²) in [6.45, 7) is 4.48. The van der Waals surface area contributed by atoms with Crippen LogP contribution < -0.4 is 0 Å². The second-order valence-corrected chi connectivity index (χ2v) is 13.3. The lowest BCUT2D eigenvalue weighted by Gasteiger charge is -2.12. The summed E-state index contributed by atoms with van der Waals surface area (Å²) >= 11 is 0. The molecular formula is C47H33N3. The second-order valence-electron chi connectivity index (χ2n) is 13.3. The van der Waals surface area contributed by atoms with E-state index in [0.717, 1.165) is 27.7 Å². The maximum Gasteiger partial charge on any atom is 0.0780 e. The summed E-state index contributed by atoms with van der Waals surface area (Å²) < 4.78 is 4.81. The van der Waals surface area contributed by atoms with Gasteiger partial charge in [-0.15, -0.1) is 0 Å². The zero-order valence-corrected chi connectivity index (χ0v) is 27.9. The topological polar surface area (TPSA) is 22.8 Å². The molecule has 0 fully saturated rings. The number of pyridine rings is 1. The van der Waals surface area contributed by atoms with Gasteiger partial charge in [0, 0.05) is 50.4 Å². The Labute approximate surface area is 290 Å². The molecule has 0 atom stereocenters. The van der Waals surface area contributed by atoms with E-state index in [1.54, 1.807) is 0 Å². The van der Waals surface area contributed by atoms with E-state index in [1.807, 2.05) is 12.3 Å². The molecule has 0 amide bonds. The highest BCUT2D eigenvalue weighted by molar-refractivity contribution is 6.22. The van der Waals surface area contributed by atoms with Gasteiger partial charge in [0.25, 0.3) is 0 Å².